The number of piperidine rings is 1. The van der Waals surface area contributed by atoms with E-state index >= 15 is 0 Å². The van der Waals surface area contributed by atoms with Gasteiger partial charge in [0.25, 0.3) is 0 Å². The summed E-state index contributed by atoms with van der Waals surface area (Å²) in [5.41, 5.74) is 1.26. The summed E-state index contributed by atoms with van der Waals surface area (Å²) >= 11 is 0. The van der Waals surface area contributed by atoms with Crippen LogP contribution in [0.5, 0.6) is 0 Å². The highest BCUT2D eigenvalue weighted by Gasteiger charge is 2.27. The minimum atomic E-state index is 0.141. The van der Waals surface area contributed by atoms with Gasteiger partial charge in [-0.2, -0.15) is 0 Å². The van der Waals surface area contributed by atoms with E-state index in [1.165, 1.54) is 5.56 Å². The third kappa shape index (κ3) is 4.56. The van der Waals surface area contributed by atoms with E-state index in [-0.39, 0.29) is 17.9 Å². The van der Waals surface area contributed by atoms with Crippen LogP contribution < -0.4 is 10.6 Å². The van der Waals surface area contributed by atoms with Gasteiger partial charge in [-0.3, -0.25) is 9.69 Å². The largest absolute Gasteiger partial charge is 0.379 e. The van der Waals surface area contributed by atoms with E-state index in [4.69, 9.17) is 4.74 Å². The molecule has 132 valence electrons. The van der Waals surface area contributed by atoms with Crippen LogP contribution in [-0.4, -0.2) is 56.2 Å². The minimum absolute atomic E-state index is 0.141. The number of nitrogens with zero attached hydrogens (tertiary/aromatic N) is 1. The molecule has 3 rings (SSSR count). The van der Waals surface area contributed by atoms with Gasteiger partial charge in [0.2, 0.25) is 5.91 Å². The predicted octanol–water partition coefficient (Wildman–Crippen LogP) is 1.56. The van der Waals surface area contributed by atoms with Gasteiger partial charge in [-0.1, -0.05) is 30.3 Å². The lowest BCUT2D eigenvalue weighted by molar-refractivity contribution is -0.126. The first-order valence-corrected chi connectivity index (χ1v) is 9.12. The first-order chi connectivity index (χ1) is 11.7. The van der Waals surface area contributed by atoms with Crippen LogP contribution in [0.25, 0.3) is 0 Å². The topological polar surface area (TPSA) is 53.6 Å². The van der Waals surface area contributed by atoms with Crippen molar-refractivity contribution in [3.63, 3.8) is 0 Å². The van der Waals surface area contributed by atoms with Gasteiger partial charge in [-0.15, -0.1) is 0 Å². The van der Waals surface area contributed by atoms with Crippen LogP contribution >= 0.6 is 0 Å². The molecule has 1 unspecified atom stereocenters. The van der Waals surface area contributed by atoms with E-state index in [2.05, 4.69) is 46.7 Å². The molecule has 1 aromatic carbocycles. The second-order valence-electron chi connectivity index (χ2n) is 6.90. The van der Waals surface area contributed by atoms with Crippen molar-refractivity contribution in [2.24, 2.45) is 5.92 Å². The number of ether oxygens (including phenoxy) is 1. The van der Waals surface area contributed by atoms with Crippen molar-refractivity contribution in [2.45, 2.75) is 31.8 Å². The van der Waals surface area contributed by atoms with Crippen molar-refractivity contribution in [3.05, 3.63) is 35.9 Å². The molecule has 5 heteroatoms. The number of nitrogens with one attached hydrogen (secondary N) is 2. The quantitative estimate of drug-likeness (QED) is 0.860. The Bertz CT molecular complexity index is 517. The van der Waals surface area contributed by atoms with Crippen molar-refractivity contribution in [3.8, 4) is 0 Å². The Hall–Kier alpha value is -1.43. The number of benzene rings is 1. The van der Waals surface area contributed by atoms with E-state index in [0.29, 0.717) is 12.6 Å². The van der Waals surface area contributed by atoms with Gasteiger partial charge in [0.1, 0.15) is 0 Å². The molecular weight excluding hydrogens is 302 g/mol. The Morgan fingerprint density at radius 2 is 2.08 bits per heavy atom. The molecule has 2 aliphatic heterocycles. The molecule has 2 heterocycles. The van der Waals surface area contributed by atoms with Crippen molar-refractivity contribution in [1.29, 1.82) is 0 Å². The van der Waals surface area contributed by atoms with Crippen molar-refractivity contribution in [2.75, 3.05) is 39.4 Å². The van der Waals surface area contributed by atoms with Gasteiger partial charge in [0, 0.05) is 31.6 Å². The van der Waals surface area contributed by atoms with E-state index < -0.39 is 0 Å². The third-order valence-corrected chi connectivity index (χ3v) is 5.13. The molecular formula is C19H29N3O2. The lowest BCUT2D eigenvalue weighted by Gasteiger charge is -2.35. The number of rotatable bonds is 5. The van der Waals surface area contributed by atoms with Crippen molar-refractivity contribution in [1.82, 2.24) is 15.5 Å². The molecule has 2 N–H and O–H groups in total. The maximum Gasteiger partial charge on any atom is 0.223 e. The van der Waals surface area contributed by atoms with Gasteiger partial charge in [-0.05, 0) is 31.9 Å². The SMILES string of the molecule is C[C@H]1C[C@@H](C(=O)NCC(c2ccccc2)N2CCOCC2)CCN1. The molecule has 2 aliphatic rings. The zero-order chi connectivity index (χ0) is 16.8. The highest BCUT2D eigenvalue weighted by molar-refractivity contribution is 5.78. The molecule has 0 aliphatic carbocycles. The smallest absolute Gasteiger partial charge is 0.223 e. The first kappa shape index (κ1) is 17.4. The Labute approximate surface area is 144 Å². The fourth-order valence-electron chi connectivity index (χ4n) is 3.73. The average molecular weight is 331 g/mol. The van der Waals surface area contributed by atoms with Crippen LogP contribution in [-0.2, 0) is 9.53 Å². The van der Waals surface area contributed by atoms with Gasteiger partial charge in [0.05, 0.1) is 19.3 Å². The van der Waals surface area contributed by atoms with Crippen LogP contribution in [0.3, 0.4) is 0 Å². The summed E-state index contributed by atoms with van der Waals surface area (Å²) in [6.45, 7) is 7.12. The summed E-state index contributed by atoms with van der Waals surface area (Å²) in [6, 6.07) is 11.1. The fourth-order valence-corrected chi connectivity index (χ4v) is 3.73. The fraction of sp³-hybridized carbons (Fsp3) is 0.632. The van der Waals surface area contributed by atoms with Crippen LogP contribution in [0.2, 0.25) is 0 Å². The summed E-state index contributed by atoms with van der Waals surface area (Å²) in [7, 11) is 0. The Kier molecular flexibility index (Phi) is 6.24. The molecule has 1 amide bonds. The third-order valence-electron chi connectivity index (χ3n) is 5.13. The summed E-state index contributed by atoms with van der Waals surface area (Å²) in [5, 5.41) is 6.63. The lowest BCUT2D eigenvalue weighted by Crippen LogP contribution is -2.46. The van der Waals surface area contributed by atoms with Crippen LogP contribution in [0.15, 0.2) is 30.3 Å². The molecule has 0 saturated carbocycles. The molecule has 0 spiro atoms. The lowest BCUT2D eigenvalue weighted by atomic mass is 9.92. The van der Waals surface area contributed by atoms with E-state index in [1.54, 1.807) is 0 Å². The maximum atomic E-state index is 12.6. The summed E-state index contributed by atoms with van der Waals surface area (Å²) in [4.78, 5) is 15.0. The predicted molar refractivity (Wildman–Crippen MR) is 94.8 cm³/mol. The molecule has 5 nitrogen and oxygen atoms in total. The number of hydrogen-bond acceptors (Lipinski definition) is 4. The summed E-state index contributed by atoms with van der Waals surface area (Å²) in [6.07, 6.45) is 1.86. The highest BCUT2D eigenvalue weighted by Crippen LogP contribution is 2.22. The van der Waals surface area contributed by atoms with E-state index in [0.717, 1.165) is 45.7 Å². The number of hydrogen-bond donors (Lipinski definition) is 2. The van der Waals surface area contributed by atoms with Gasteiger partial charge >= 0.3 is 0 Å². The summed E-state index contributed by atoms with van der Waals surface area (Å²) < 4.78 is 5.48. The van der Waals surface area contributed by atoms with E-state index in [1.807, 2.05) is 6.07 Å². The molecule has 1 aromatic rings. The number of carbonyl (C=O) groups excluding carboxylic acids is 1. The second-order valence-corrected chi connectivity index (χ2v) is 6.90. The van der Waals surface area contributed by atoms with Crippen molar-refractivity contribution < 1.29 is 9.53 Å². The molecule has 2 fully saturated rings. The first-order valence-electron chi connectivity index (χ1n) is 9.12. The zero-order valence-corrected chi connectivity index (χ0v) is 14.5. The Balaban J connectivity index is 1.62. The number of amides is 1. The molecule has 24 heavy (non-hydrogen) atoms. The normalized spacial score (nSPS) is 26.7. The molecule has 2 saturated heterocycles. The summed E-state index contributed by atoms with van der Waals surface area (Å²) in [5.74, 6) is 0.347. The monoisotopic (exact) mass is 331 g/mol. The Morgan fingerprint density at radius 3 is 2.79 bits per heavy atom. The van der Waals surface area contributed by atoms with Gasteiger partial charge in [-0.25, -0.2) is 0 Å². The number of morpholine rings is 1. The molecule has 3 atom stereocenters. The van der Waals surface area contributed by atoms with Crippen LogP contribution in [0.4, 0.5) is 0 Å². The van der Waals surface area contributed by atoms with Crippen LogP contribution in [0, 0.1) is 5.92 Å². The van der Waals surface area contributed by atoms with Crippen molar-refractivity contribution >= 4 is 5.91 Å². The number of carbonyl (C=O) groups is 1. The Morgan fingerprint density at radius 1 is 1.33 bits per heavy atom. The van der Waals surface area contributed by atoms with Gasteiger partial charge in [0.15, 0.2) is 0 Å². The zero-order valence-electron chi connectivity index (χ0n) is 14.5. The second kappa shape index (κ2) is 8.60. The minimum Gasteiger partial charge on any atom is -0.379 e. The molecule has 0 bridgehead atoms. The standard InChI is InChI=1S/C19H29N3O2/c1-15-13-17(7-8-20-15)19(23)21-14-18(16-5-3-2-4-6-16)22-9-11-24-12-10-22/h2-6,15,17-18,20H,7-14H2,1H3,(H,21,23)/t15-,17-,18?/m0/s1. The maximum absolute atomic E-state index is 12.6. The highest BCUT2D eigenvalue weighted by atomic mass is 16.5. The van der Waals surface area contributed by atoms with Crippen LogP contribution in [0.1, 0.15) is 31.4 Å². The van der Waals surface area contributed by atoms with Gasteiger partial charge < -0.3 is 15.4 Å². The van der Waals surface area contributed by atoms with E-state index in [9.17, 15) is 4.79 Å². The molecule has 0 aromatic heterocycles. The average Bonchev–Trinajstić information content (AvgIpc) is 2.63. The molecule has 0 radical (unpaired) electrons.